The maximum absolute atomic E-state index is 8.10. The number of benzene rings is 7. The minimum absolute atomic E-state index is 0.578. The Morgan fingerprint density at radius 3 is 1.52 bits per heavy atom. The Kier molecular flexibility index (Phi) is 6.22. The Labute approximate surface area is 277 Å². The van der Waals surface area contributed by atoms with Crippen LogP contribution in [0.2, 0.25) is 0 Å². The van der Waals surface area contributed by atoms with Crippen LogP contribution < -0.4 is 0 Å². The molecule has 222 valence electrons. The molecule has 0 aliphatic carbocycles. The lowest BCUT2D eigenvalue weighted by Crippen LogP contribution is -1.97. The molecule has 0 unspecified atom stereocenters. The van der Waals surface area contributed by atoms with Crippen molar-refractivity contribution in [2.24, 2.45) is 0 Å². The highest BCUT2D eigenvalue weighted by Gasteiger charge is 2.19. The molecule has 2 aromatic heterocycles. The molecule has 7 aromatic carbocycles. The van der Waals surface area contributed by atoms with E-state index in [1.54, 1.807) is 0 Å². The van der Waals surface area contributed by atoms with Crippen LogP contribution in [-0.2, 0) is 0 Å². The predicted molar refractivity (Wildman–Crippen MR) is 199 cm³/mol. The van der Waals surface area contributed by atoms with Crippen molar-refractivity contribution in [1.29, 1.82) is 0 Å². The zero-order chi connectivity index (χ0) is 32.2. The van der Waals surface area contributed by atoms with E-state index in [1.807, 2.05) is 42.5 Å². The first kappa shape index (κ1) is 27.4. The number of hydrogen-bond donors (Lipinski definition) is 0. The number of fused-ring (bicyclic) bond motifs is 6. The maximum atomic E-state index is 8.10. The Hall–Kier alpha value is -6.88. The third-order valence-electron chi connectivity index (χ3n) is 9.38. The van der Waals surface area contributed by atoms with E-state index in [9.17, 15) is 0 Å². The molecule has 0 N–H and O–H groups in total. The highest BCUT2D eigenvalue weighted by molar-refractivity contribution is 6.12. The second kappa shape index (κ2) is 10.9. The fourth-order valence-corrected chi connectivity index (χ4v) is 7.21. The molecule has 0 saturated carbocycles. The Morgan fingerprint density at radius 2 is 0.917 bits per heavy atom. The molecule has 4 nitrogen and oxygen atoms in total. The average molecular weight is 611 g/mol. The van der Waals surface area contributed by atoms with Crippen LogP contribution in [0.3, 0.4) is 0 Å². The topological polar surface area (TPSA) is 18.6 Å². The van der Waals surface area contributed by atoms with Gasteiger partial charge in [0, 0.05) is 21.8 Å². The summed E-state index contributed by atoms with van der Waals surface area (Å²) in [6, 6.07) is 54.5. The minimum atomic E-state index is 0.578. The van der Waals surface area contributed by atoms with Gasteiger partial charge in [0.05, 0.1) is 40.9 Å². The molecule has 0 aliphatic heterocycles. The highest BCUT2D eigenvalue weighted by Crippen LogP contribution is 2.42. The van der Waals surface area contributed by atoms with Crippen molar-refractivity contribution in [2.75, 3.05) is 0 Å². The second-order valence-corrected chi connectivity index (χ2v) is 11.9. The molecule has 0 saturated heterocycles. The van der Waals surface area contributed by atoms with E-state index in [0.717, 1.165) is 55.4 Å². The van der Waals surface area contributed by atoms with Gasteiger partial charge in [-0.3, -0.25) is 0 Å². The first-order valence-electron chi connectivity index (χ1n) is 15.8. The van der Waals surface area contributed by atoms with Crippen molar-refractivity contribution in [3.8, 4) is 33.6 Å². The van der Waals surface area contributed by atoms with Crippen molar-refractivity contribution >= 4 is 55.0 Å². The molecule has 0 radical (unpaired) electrons. The van der Waals surface area contributed by atoms with Gasteiger partial charge in [0.15, 0.2) is 5.69 Å². The number of aromatic nitrogens is 2. The summed E-state index contributed by atoms with van der Waals surface area (Å²) in [4.78, 5) is 7.65. The summed E-state index contributed by atoms with van der Waals surface area (Å²) in [5.41, 5.74) is 11.8. The molecule has 9 aromatic rings. The fraction of sp³-hybridized carbons (Fsp3) is 0. The Bertz CT molecular complexity index is 2730. The third kappa shape index (κ3) is 4.14. The summed E-state index contributed by atoms with van der Waals surface area (Å²) in [5.74, 6) is 0. The number of hydrogen-bond acceptors (Lipinski definition) is 0. The Morgan fingerprint density at radius 1 is 0.396 bits per heavy atom. The van der Waals surface area contributed by atoms with E-state index < -0.39 is 0 Å². The van der Waals surface area contributed by atoms with Crippen molar-refractivity contribution in [3.63, 3.8) is 0 Å². The molecule has 0 spiro atoms. The standard InChI is InChI=1S/C44H26N4/c1-45-32-24-27-43-38(28-32)37-12-5-8-17-42(37)48(43)44-34(13-9-14-39(44)46-2)31-20-18-29(19-21-31)30-22-25-33(26-23-30)47-40-15-6-3-10-35(40)36-11-4-7-16-41(36)47/h3-28H. The van der Waals surface area contributed by atoms with E-state index in [-0.39, 0.29) is 0 Å². The van der Waals surface area contributed by atoms with Crippen LogP contribution in [0.15, 0.2) is 158 Å². The minimum Gasteiger partial charge on any atom is -0.318 e. The largest absolute Gasteiger partial charge is 0.318 e. The van der Waals surface area contributed by atoms with Gasteiger partial charge < -0.3 is 9.13 Å². The second-order valence-electron chi connectivity index (χ2n) is 11.9. The maximum Gasteiger partial charge on any atom is 0.211 e. The van der Waals surface area contributed by atoms with Gasteiger partial charge in [-0.2, -0.15) is 0 Å². The van der Waals surface area contributed by atoms with E-state index in [1.165, 1.54) is 21.8 Å². The monoisotopic (exact) mass is 610 g/mol. The molecule has 9 rings (SSSR count). The Balaban J connectivity index is 1.13. The van der Waals surface area contributed by atoms with Gasteiger partial charge in [-0.25, -0.2) is 9.69 Å². The quantitative estimate of drug-likeness (QED) is 0.177. The average Bonchev–Trinajstić information content (AvgIpc) is 3.67. The smallest absolute Gasteiger partial charge is 0.211 e. The molecule has 2 heterocycles. The molecule has 0 bridgehead atoms. The van der Waals surface area contributed by atoms with Crippen LogP contribution in [-0.4, -0.2) is 9.13 Å². The van der Waals surface area contributed by atoms with Crippen LogP contribution in [0, 0.1) is 13.1 Å². The van der Waals surface area contributed by atoms with E-state index in [2.05, 4.69) is 134 Å². The molecule has 48 heavy (non-hydrogen) atoms. The molecule has 0 aliphatic rings. The summed E-state index contributed by atoms with van der Waals surface area (Å²) in [6.45, 7) is 15.7. The number of para-hydroxylation sites is 4. The molecule has 0 amide bonds. The van der Waals surface area contributed by atoms with Gasteiger partial charge in [0.1, 0.15) is 0 Å². The molecule has 0 fully saturated rings. The summed E-state index contributed by atoms with van der Waals surface area (Å²) in [5, 5.41) is 4.57. The summed E-state index contributed by atoms with van der Waals surface area (Å²) < 4.78 is 4.52. The van der Waals surface area contributed by atoms with Crippen LogP contribution in [0.5, 0.6) is 0 Å². The fourth-order valence-electron chi connectivity index (χ4n) is 7.21. The molecular weight excluding hydrogens is 585 g/mol. The number of nitrogens with zero attached hydrogens (tertiary/aromatic N) is 4. The first-order valence-corrected chi connectivity index (χ1v) is 15.8. The lowest BCUT2D eigenvalue weighted by Gasteiger charge is -2.16. The lowest BCUT2D eigenvalue weighted by molar-refractivity contribution is 1.18. The normalized spacial score (nSPS) is 11.3. The molecule has 4 heteroatoms. The van der Waals surface area contributed by atoms with Crippen molar-refractivity contribution in [3.05, 3.63) is 181 Å². The molecule has 0 atom stereocenters. The van der Waals surface area contributed by atoms with Gasteiger partial charge in [0.25, 0.3) is 0 Å². The summed E-state index contributed by atoms with van der Waals surface area (Å²) in [7, 11) is 0. The van der Waals surface area contributed by atoms with Gasteiger partial charge in [0.2, 0.25) is 5.69 Å². The zero-order valence-corrected chi connectivity index (χ0v) is 25.8. The van der Waals surface area contributed by atoms with Gasteiger partial charge in [-0.1, -0.05) is 115 Å². The van der Waals surface area contributed by atoms with Crippen LogP contribution in [0.25, 0.3) is 86.9 Å². The number of rotatable bonds is 4. The predicted octanol–water partition coefficient (Wildman–Crippen LogP) is 12.3. The lowest BCUT2D eigenvalue weighted by atomic mass is 9.98. The van der Waals surface area contributed by atoms with Crippen LogP contribution in [0.4, 0.5) is 11.4 Å². The van der Waals surface area contributed by atoms with Crippen molar-refractivity contribution in [2.45, 2.75) is 0 Å². The van der Waals surface area contributed by atoms with Gasteiger partial charge >= 0.3 is 0 Å². The third-order valence-corrected chi connectivity index (χ3v) is 9.38. The van der Waals surface area contributed by atoms with Gasteiger partial charge in [-0.05, 0) is 70.1 Å². The van der Waals surface area contributed by atoms with Crippen molar-refractivity contribution in [1.82, 2.24) is 9.13 Å². The van der Waals surface area contributed by atoms with E-state index in [4.69, 9.17) is 13.1 Å². The highest BCUT2D eigenvalue weighted by atomic mass is 15.0. The molecular formula is C44H26N4. The SMILES string of the molecule is [C-]#[N+]c1ccc2c(c1)c1ccccc1n2-c1c([N+]#[C-])cccc1-c1ccc(-c2ccc(-n3c4ccccc4c4ccccc43)cc2)cc1. The van der Waals surface area contributed by atoms with E-state index >= 15 is 0 Å². The van der Waals surface area contributed by atoms with Crippen LogP contribution in [0.1, 0.15) is 0 Å². The zero-order valence-electron chi connectivity index (χ0n) is 25.8. The summed E-state index contributed by atoms with van der Waals surface area (Å²) >= 11 is 0. The first-order chi connectivity index (χ1) is 23.7. The van der Waals surface area contributed by atoms with E-state index in [0.29, 0.717) is 11.4 Å². The van der Waals surface area contributed by atoms with Gasteiger partial charge in [-0.15, -0.1) is 0 Å². The van der Waals surface area contributed by atoms with Crippen LogP contribution >= 0.6 is 0 Å². The van der Waals surface area contributed by atoms with Crippen molar-refractivity contribution < 1.29 is 0 Å². The summed E-state index contributed by atoms with van der Waals surface area (Å²) in [6.07, 6.45) is 0.